The second-order valence-electron chi connectivity index (χ2n) is 5.78. The first-order valence-electron chi connectivity index (χ1n) is 7.68. The molecule has 0 unspecified atom stereocenters. The maximum absolute atomic E-state index is 12.3. The molecule has 0 aromatic heterocycles. The summed E-state index contributed by atoms with van der Waals surface area (Å²) in [6, 6.07) is 9.86. The number of amides is 1. The second kappa shape index (κ2) is 7.81. The number of aliphatic carboxylic acids is 1. The van der Waals surface area contributed by atoms with Crippen LogP contribution in [-0.4, -0.2) is 28.4 Å². The largest absolute Gasteiger partial charge is 0.481 e. The number of hydrogen-bond acceptors (Lipinski definition) is 2. The van der Waals surface area contributed by atoms with Crippen LogP contribution in [0.25, 0.3) is 0 Å². The summed E-state index contributed by atoms with van der Waals surface area (Å²) < 4.78 is 0. The lowest BCUT2D eigenvalue weighted by atomic mass is 10.1. The Balaban J connectivity index is 1.87. The predicted molar refractivity (Wildman–Crippen MR) is 80.7 cm³/mol. The van der Waals surface area contributed by atoms with Crippen molar-refractivity contribution in [3.05, 3.63) is 35.9 Å². The summed E-state index contributed by atoms with van der Waals surface area (Å²) in [4.78, 5) is 24.8. The summed E-state index contributed by atoms with van der Waals surface area (Å²) in [7, 11) is 0. The summed E-state index contributed by atoms with van der Waals surface area (Å²) in [5.41, 5.74) is 1.09. The van der Waals surface area contributed by atoms with Crippen LogP contribution in [0.5, 0.6) is 0 Å². The average Bonchev–Trinajstić information content (AvgIpc) is 3.28. The molecule has 1 N–H and O–H groups in total. The lowest BCUT2D eigenvalue weighted by Crippen LogP contribution is -2.31. The molecule has 1 saturated carbocycles. The molecule has 1 aliphatic carbocycles. The van der Waals surface area contributed by atoms with Gasteiger partial charge in [-0.25, -0.2) is 0 Å². The standard InChI is InChI=1S/C17H23NO3/c19-16(11-10-14-8-9-14)18(12-4-7-17(20)21)13-15-5-2-1-3-6-15/h1-3,5-6,14H,4,7-13H2,(H,20,21). The third kappa shape index (κ3) is 5.98. The van der Waals surface area contributed by atoms with E-state index in [0.29, 0.717) is 25.9 Å². The van der Waals surface area contributed by atoms with Gasteiger partial charge < -0.3 is 10.0 Å². The molecule has 114 valence electrons. The predicted octanol–water partition coefficient (Wildman–Crippen LogP) is 3.07. The number of nitrogens with zero attached hydrogens (tertiary/aromatic N) is 1. The normalized spacial score (nSPS) is 13.9. The van der Waals surface area contributed by atoms with E-state index < -0.39 is 5.97 Å². The van der Waals surface area contributed by atoms with Gasteiger partial charge in [-0.2, -0.15) is 0 Å². The van der Waals surface area contributed by atoms with Crippen molar-refractivity contribution in [1.29, 1.82) is 0 Å². The number of carbonyl (C=O) groups excluding carboxylic acids is 1. The highest BCUT2D eigenvalue weighted by molar-refractivity contribution is 5.76. The van der Waals surface area contributed by atoms with Gasteiger partial charge in [0.25, 0.3) is 0 Å². The van der Waals surface area contributed by atoms with Crippen LogP contribution >= 0.6 is 0 Å². The number of hydrogen-bond donors (Lipinski definition) is 1. The molecule has 0 atom stereocenters. The zero-order valence-corrected chi connectivity index (χ0v) is 12.3. The minimum absolute atomic E-state index is 0.112. The van der Waals surface area contributed by atoms with Gasteiger partial charge in [0.2, 0.25) is 5.91 Å². The smallest absolute Gasteiger partial charge is 0.303 e. The lowest BCUT2D eigenvalue weighted by molar-refractivity contribution is -0.138. The molecule has 4 nitrogen and oxygen atoms in total. The molecular weight excluding hydrogens is 266 g/mol. The van der Waals surface area contributed by atoms with E-state index in [9.17, 15) is 9.59 Å². The molecule has 1 amide bonds. The zero-order valence-electron chi connectivity index (χ0n) is 12.3. The van der Waals surface area contributed by atoms with Gasteiger partial charge in [0.1, 0.15) is 0 Å². The van der Waals surface area contributed by atoms with Gasteiger partial charge in [-0.05, 0) is 24.3 Å². The first kappa shape index (κ1) is 15.5. The number of carboxylic acids is 1. The third-order valence-electron chi connectivity index (χ3n) is 3.85. The molecule has 1 aromatic rings. The average molecular weight is 289 g/mol. The number of rotatable bonds is 9. The summed E-state index contributed by atoms with van der Waals surface area (Å²) in [6.45, 7) is 1.09. The Bertz CT molecular complexity index is 468. The van der Waals surface area contributed by atoms with Gasteiger partial charge in [0.15, 0.2) is 0 Å². The lowest BCUT2D eigenvalue weighted by Gasteiger charge is -2.23. The van der Waals surface area contributed by atoms with Crippen molar-refractivity contribution in [3.63, 3.8) is 0 Å². The Hall–Kier alpha value is -1.84. The number of carbonyl (C=O) groups is 2. The van der Waals surface area contributed by atoms with E-state index in [1.165, 1.54) is 12.8 Å². The summed E-state index contributed by atoms with van der Waals surface area (Å²) in [5.74, 6) is 0.0859. The SMILES string of the molecule is O=C(O)CCCN(Cc1ccccc1)C(=O)CCC1CC1. The molecule has 0 aliphatic heterocycles. The first-order chi connectivity index (χ1) is 10.1. The highest BCUT2D eigenvalue weighted by Gasteiger charge is 2.23. The Labute approximate surface area is 125 Å². The van der Waals surface area contributed by atoms with E-state index in [1.807, 2.05) is 30.3 Å². The van der Waals surface area contributed by atoms with Crippen LogP contribution in [0, 0.1) is 5.92 Å². The Morgan fingerprint density at radius 1 is 1.14 bits per heavy atom. The van der Waals surface area contributed by atoms with Crippen LogP contribution in [0.1, 0.15) is 44.1 Å². The summed E-state index contributed by atoms with van der Waals surface area (Å²) in [6.07, 6.45) is 4.70. The van der Waals surface area contributed by atoms with E-state index in [1.54, 1.807) is 4.90 Å². The van der Waals surface area contributed by atoms with Gasteiger partial charge >= 0.3 is 5.97 Å². The van der Waals surface area contributed by atoms with Crippen LogP contribution in [-0.2, 0) is 16.1 Å². The third-order valence-corrected chi connectivity index (χ3v) is 3.85. The van der Waals surface area contributed by atoms with Crippen LogP contribution in [0.3, 0.4) is 0 Å². The number of benzene rings is 1. The molecule has 2 rings (SSSR count). The molecule has 1 aliphatic rings. The van der Waals surface area contributed by atoms with Crippen LogP contribution in [0.4, 0.5) is 0 Å². The summed E-state index contributed by atoms with van der Waals surface area (Å²) >= 11 is 0. The molecule has 0 bridgehead atoms. The monoisotopic (exact) mass is 289 g/mol. The van der Waals surface area contributed by atoms with Crippen molar-refractivity contribution in [2.45, 2.75) is 45.1 Å². The van der Waals surface area contributed by atoms with Crippen molar-refractivity contribution in [2.24, 2.45) is 5.92 Å². The van der Waals surface area contributed by atoms with Gasteiger partial charge in [-0.1, -0.05) is 43.2 Å². The molecular formula is C17H23NO3. The quantitative estimate of drug-likeness (QED) is 0.760. The van der Waals surface area contributed by atoms with Gasteiger partial charge in [-0.3, -0.25) is 9.59 Å². The van der Waals surface area contributed by atoms with E-state index in [4.69, 9.17) is 5.11 Å². The fourth-order valence-corrected chi connectivity index (χ4v) is 2.41. The molecule has 0 saturated heterocycles. The van der Waals surface area contributed by atoms with E-state index in [0.717, 1.165) is 17.9 Å². The maximum Gasteiger partial charge on any atom is 0.303 e. The highest BCUT2D eigenvalue weighted by atomic mass is 16.4. The van der Waals surface area contributed by atoms with Crippen molar-refractivity contribution < 1.29 is 14.7 Å². The van der Waals surface area contributed by atoms with E-state index in [-0.39, 0.29) is 12.3 Å². The van der Waals surface area contributed by atoms with Crippen molar-refractivity contribution in [2.75, 3.05) is 6.54 Å². The fourth-order valence-electron chi connectivity index (χ4n) is 2.41. The zero-order chi connectivity index (χ0) is 15.1. The molecule has 0 heterocycles. The van der Waals surface area contributed by atoms with Gasteiger partial charge in [0.05, 0.1) is 0 Å². The van der Waals surface area contributed by atoms with E-state index >= 15 is 0 Å². The summed E-state index contributed by atoms with van der Waals surface area (Å²) in [5, 5.41) is 8.74. The van der Waals surface area contributed by atoms with Crippen molar-refractivity contribution >= 4 is 11.9 Å². The second-order valence-corrected chi connectivity index (χ2v) is 5.78. The van der Waals surface area contributed by atoms with Crippen molar-refractivity contribution in [3.8, 4) is 0 Å². The Morgan fingerprint density at radius 3 is 2.48 bits per heavy atom. The van der Waals surface area contributed by atoms with Gasteiger partial charge in [0, 0.05) is 25.9 Å². The Morgan fingerprint density at radius 2 is 1.86 bits per heavy atom. The topological polar surface area (TPSA) is 57.6 Å². The van der Waals surface area contributed by atoms with Crippen LogP contribution in [0.2, 0.25) is 0 Å². The maximum atomic E-state index is 12.3. The van der Waals surface area contributed by atoms with Crippen LogP contribution < -0.4 is 0 Å². The molecule has 0 radical (unpaired) electrons. The van der Waals surface area contributed by atoms with Gasteiger partial charge in [-0.15, -0.1) is 0 Å². The number of carboxylic acid groups (broad SMARTS) is 1. The molecule has 4 heteroatoms. The molecule has 21 heavy (non-hydrogen) atoms. The Kier molecular flexibility index (Phi) is 5.78. The molecule has 1 aromatic carbocycles. The van der Waals surface area contributed by atoms with E-state index in [2.05, 4.69) is 0 Å². The minimum atomic E-state index is -0.805. The molecule has 0 spiro atoms. The van der Waals surface area contributed by atoms with Crippen LogP contribution in [0.15, 0.2) is 30.3 Å². The molecule has 1 fully saturated rings. The minimum Gasteiger partial charge on any atom is -0.481 e. The van der Waals surface area contributed by atoms with Crippen molar-refractivity contribution in [1.82, 2.24) is 4.90 Å². The first-order valence-corrected chi connectivity index (χ1v) is 7.68. The highest BCUT2D eigenvalue weighted by Crippen LogP contribution is 2.33. The fraction of sp³-hybridized carbons (Fsp3) is 0.529.